The van der Waals surface area contributed by atoms with Crippen molar-refractivity contribution in [1.82, 2.24) is 10.2 Å². The lowest BCUT2D eigenvalue weighted by molar-refractivity contribution is -0.0393. The van der Waals surface area contributed by atoms with Gasteiger partial charge in [-0.05, 0) is 38.0 Å². The van der Waals surface area contributed by atoms with Crippen molar-refractivity contribution in [3.63, 3.8) is 0 Å². The van der Waals surface area contributed by atoms with E-state index in [4.69, 9.17) is 4.74 Å². The first-order valence-electron chi connectivity index (χ1n) is 9.19. The van der Waals surface area contributed by atoms with Gasteiger partial charge in [-0.15, -0.1) is 0 Å². The highest BCUT2D eigenvalue weighted by Crippen LogP contribution is 2.37. The number of ether oxygens (including phenoxy) is 1. The lowest BCUT2D eigenvalue weighted by Gasteiger charge is -2.53. The highest BCUT2D eigenvalue weighted by atomic mass is 16.5. The fourth-order valence-electron chi connectivity index (χ4n) is 5.07. The van der Waals surface area contributed by atoms with Crippen molar-refractivity contribution in [3.8, 4) is 0 Å². The van der Waals surface area contributed by atoms with Gasteiger partial charge < -0.3 is 10.1 Å². The van der Waals surface area contributed by atoms with Gasteiger partial charge in [0.15, 0.2) is 0 Å². The summed E-state index contributed by atoms with van der Waals surface area (Å²) in [4.78, 5) is 2.85. The van der Waals surface area contributed by atoms with Crippen LogP contribution in [0.3, 0.4) is 0 Å². The average Bonchev–Trinajstić information content (AvgIpc) is 2.96. The molecule has 3 rings (SSSR count). The summed E-state index contributed by atoms with van der Waals surface area (Å²) >= 11 is 0. The Hall–Kier alpha value is -0.120. The summed E-state index contributed by atoms with van der Waals surface area (Å²) < 4.78 is 5.82. The minimum atomic E-state index is 0.407. The Kier molecular flexibility index (Phi) is 4.92. The van der Waals surface area contributed by atoms with Crippen LogP contribution in [0, 0.1) is 5.92 Å². The quantitative estimate of drug-likeness (QED) is 0.865. The molecule has 1 N–H and O–H groups in total. The first-order chi connectivity index (χ1) is 10.2. The fraction of sp³-hybridized carbons (Fsp3) is 1.00. The van der Waals surface area contributed by atoms with Crippen molar-refractivity contribution in [2.24, 2.45) is 5.92 Å². The highest BCUT2D eigenvalue weighted by molar-refractivity contribution is 5.03. The molecule has 0 aromatic heterocycles. The lowest BCUT2D eigenvalue weighted by Crippen LogP contribution is -2.68. The van der Waals surface area contributed by atoms with Crippen LogP contribution in [-0.4, -0.2) is 48.8 Å². The van der Waals surface area contributed by atoms with Gasteiger partial charge in [0.05, 0.1) is 6.10 Å². The molecule has 0 aromatic carbocycles. The number of rotatable bonds is 3. The van der Waals surface area contributed by atoms with E-state index in [1.807, 2.05) is 7.11 Å². The molecule has 122 valence electrons. The van der Waals surface area contributed by atoms with Crippen LogP contribution in [0.1, 0.15) is 65.2 Å². The Morgan fingerprint density at radius 1 is 1.10 bits per heavy atom. The predicted octanol–water partition coefficient (Wildman–Crippen LogP) is 3.19. The van der Waals surface area contributed by atoms with Crippen LogP contribution < -0.4 is 5.32 Å². The second kappa shape index (κ2) is 6.55. The summed E-state index contributed by atoms with van der Waals surface area (Å²) in [5.41, 5.74) is 0.407. The largest absolute Gasteiger partial charge is 0.380 e. The Labute approximate surface area is 130 Å². The maximum Gasteiger partial charge on any atom is 0.0726 e. The Bertz CT molecular complexity index is 338. The molecule has 1 aliphatic heterocycles. The lowest BCUT2D eigenvalue weighted by atomic mass is 9.78. The third kappa shape index (κ3) is 3.16. The molecule has 3 nitrogen and oxygen atoms in total. The standard InChI is InChI=1S/C18H34N2O/c1-14(2)16-12-19-18(10-5-4-6-11-18)13-20(16)15-8-7-9-17(15)21-3/h14-17,19H,4-13H2,1-3H3. The summed E-state index contributed by atoms with van der Waals surface area (Å²) in [6.07, 6.45) is 11.4. The maximum atomic E-state index is 5.82. The number of nitrogens with zero attached hydrogens (tertiary/aromatic N) is 1. The van der Waals surface area contributed by atoms with E-state index >= 15 is 0 Å². The Balaban J connectivity index is 1.77. The Morgan fingerprint density at radius 2 is 1.86 bits per heavy atom. The first-order valence-corrected chi connectivity index (χ1v) is 9.19. The number of hydrogen-bond acceptors (Lipinski definition) is 3. The third-order valence-electron chi connectivity index (χ3n) is 6.32. The number of nitrogens with one attached hydrogen (secondary N) is 1. The molecule has 3 fully saturated rings. The number of methoxy groups -OCH3 is 1. The van der Waals surface area contributed by atoms with Gasteiger partial charge in [0, 0.05) is 37.8 Å². The van der Waals surface area contributed by atoms with Crippen molar-refractivity contribution in [2.45, 2.75) is 88.9 Å². The predicted molar refractivity (Wildman–Crippen MR) is 87.6 cm³/mol. The topological polar surface area (TPSA) is 24.5 Å². The third-order valence-corrected chi connectivity index (χ3v) is 6.32. The molecule has 3 aliphatic rings. The first kappa shape index (κ1) is 15.8. The molecule has 0 amide bonds. The second-order valence-corrected chi connectivity index (χ2v) is 7.98. The molecule has 3 atom stereocenters. The Morgan fingerprint density at radius 3 is 2.52 bits per heavy atom. The van der Waals surface area contributed by atoms with E-state index in [1.54, 1.807) is 0 Å². The van der Waals surface area contributed by atoms with Crippen molar-refractivity contribution < 1.29 is 4.74 Å². The minimum absolute atomic E-state index is 0.407. The molecule has 1 heterocycles. The van der Waals surface area contributed by atoms with Gasteiger partial charge in [-0.3, -0.25) is 4.90 Å². The maximum absolute atomic E-state index is 5.82. The summed E-state index contributed by atoms with van der Waals surface area (Å²) in [7, 11) is 1.91. The molecule has 2 saturated carbocycles. The number of piperazine rings is 1. The summed E-state index contributed by atoms with van der Waals surface area (Å²) in [6.45, 7) is 7.19. The van der Waals surface area contributed by atoms with Crippen LogP contribution in [0.25, 0.3) is 0 Å². The van der Waals surface area contributed by atoms with Crippen LogP contribution >= 0.6 is 0 Å². The van der Waals surface area contributed by atoms with Gasteiger partial charge in [0.25, 0.3) is 0 Å². The van der Waals surface area contributed by atoms with Gasteiger partial charge in [-0.1, -0.05) is 33.1 Å². The SMILES string of the molecule is COC1CCCC1N1CC2(CCCCC2)NCC1C(C)C. The summed E-state index contributed by atoms with van der Waals surface area (Å²) in [6, 6.07) is 1.33. The molecule has 21 heavy (non-hydrogen) atoms. The molecule has 0 aromatic rings. The van der Waals surface area contributed by atoms with Gasteiger partial charge in [0.2, 0.25) is 0 Å². The van der Waals surface area contributed by atoms with E-state index in [1.165, 1.54) is 64.5 Å². The molecule has 3 unspecified atom stereocenters. The monoisotopic (exact) mass is 294 g/mol. The smallest absolute Gasteiger partial charge is 0.0726 e. The molecular weight excluding hydrogens is 260 g/mol. The summed E-state index contributed by atoms with van der Waals surface area (Å²) in [5.74, 6) is 0.719. The van der Waals surface area contributed by atoms with E-state index in [-0.39, 0.29) is 0 Å². The zero-order valence-corrected chi connectivity index (χ0v) is 14.2. The number of hydrogen-bond donors (Lipinski definition) is 1. The molecule has 1 spiro atoms. The van der Waals surface area contributed by atoms with Crippen LogP contribution in [-0.2, 0) is 4.74 Å². The molecule has 0 radical (unpaired) electrons. The van der Waals surface area contributed by atoms with E-state index in [2.05, 4.69) is 24.1 Å². The molecule has 3 heteroatoms. The van der Waals surface area contributed by atoms with Gasteiger partial charge in [-0.25, -0.2) is 0 Å². The van der Waals surface area contributed by atoms with Crippen LogP contribution in [0.15, 0.2) is 0 Å². The van der Waals surface area contributed by atoms with Crippen molar-refractivity contribution in [2.75, 3.05) is 20.2 Å². The summed E-state index contributed by atoms with van der Waals surface area (Å²) in [5, 5.41) is 3.97. The second-order valence-electron chi connectivity index (χ2n) is 7.98. The van der Waals surface area contributed by atoms with Gasteiger partial charge in [0.1, 0.15) is 0 Å². The van der Waals surface area contributed by atoms with Crippen LogP contribution in [0.4, 0.5) is 0 Å². The normalized spacial score (nSPS) is 37.4. The molecule has 1 saturated heterocycles. The minimum Gasteiger partial charge on any atom is -0.380 e. The van der Waals surface area contributed by atoms with Crippen LogP contribution in [0.2, 0.25) is 0 Å². The highest BCUT2D eigenvalue weighted by Gasteiger charge is 2.45. The molecular formula is C18H34N2O. The van der Waals surface area contributed by atoms with Gasteiger partial charge in [-0.2, -0.15) is 0 Å². The van der Waals surface area contributed by atoms with Crippen molar-refractivity contribution >= 4 is 0 Å². The zero-order chi connectivity index (χ0) is 14.9. The van der Waals surface area contributed by atoms with E-state index < -0.39 is 0 Å². The van der Waals surface area contributed by atoms with Crippen LogP contribution in [0.5, 0.6) is 0 Å². The van der Waals surface area contributed by atoms with Crippen molar-refractivity contribution in [1.29, 1.82) is 0 Å². The van der Waals surface area contributed by atoms with Gasteiger partial charge >= 0.3 is 0 Å². The zero-order valence-electron chi connectivity index (χ0n) is 14.2. The van der Waals surface area contributed by atoms with Crippen molar-refractivity contribution in [3.05, 3.63) is 0 Å². The van der Waals surface area contributed by atoms with E-state index in [0.29, 0.717) is 23.7 Å². The molecule has 0 bridgehead atoms. The average molecular weight is 294 g/mol. The fourth-order valence-corrected chi connectivity index (χ4v) is 5.07. The van der Waals surface area contributed by atoms with E-state index in [0.717, 1.165) is 5.92 Å². The van der Waals surface area contributed by atoms with E-state index in [9.17, 15) is 0 Å². The molecule has 2 aliphatic carbocycles.